The van der Waals surface area contributed by atoms with Gasteiger partial charge in [0.1, 0.15) is 11.5 Å². The molecule has 0 heterocycles. The summed E-state index contributed by atoms with van der Waals surface area (Å²) in [4.78, 5) is 0. The Hall–Kier alpha value is -2.40. The van der Waals surface area contributed by atoms with Crippen LogP contribution in [0.25, 0.3) is 0 Å². The van der Waals surface area contributed by atoms with Crippen molar-refractivity contribution < 1.29 is 18.9 Å². The quantitative estimate of drug-likeness (QED) is 0.811. The van der Waals surface area contributed by atoms with Gasteiger partial charge < -0.3 is 24.3 Å². The van der Waals surface area contributed by atoms with Crippen LogP contribution in [0.1, 0.15) is 11.1 Å². The number of hydrogen-bond acceptors (Lipinski definition) is 5. The van der Waals surface area contributed by atoms with E-state index in [-0.39, 0.29) is 0 Å². The maximum atomic E-state index is 5.43. The third kappa shape index (κ3) is 4.29. The fraction of sp³-hybridized carbons (Fsp3) is 0.333. The lowest BCUT2D eigenvalue weighted by atomic mass is 10.1. The number of rotatable bonds is 8. The average molecular weight is 317 g/mol. The van der Waals surface area contributed by atoms with Gasteiger partial charge in [-0.1, -0.05) is 12.1 Å². The Kier molecular flexibility index (Phi) is 6.11. The molecule has 0 fully saturated rings. The summed E-state index contributed by atoms with van der Waals surface area (Å²) >= 11 is 0. The molecule has 0 aliphatic heterocycles. The topological polar surface area (TPSA) is 49.0 Å². The second-order valence-corrected chi connectivity index (χ2v) is 4.97. The summed E-state index contributed by atoms with van der Waals surface area (Å²) < 4.78 is 21.3. The molecule has 0 saturated carbocycles. The fourth-order valence-electron chi connectivity index (χ4n) is 2.35. The third-order valence-corrected chi connectivity index (χ3v) is 3.57. The molecule has 2 aromatic rings. The Labute approximate surface area is 137 Å². The lowest BCUT2D eigenvalue weighted by Crippen LogP contribution is -2.13. The van der Waals surface area contributed by atoms with E-state index in [4.69, 9.17) is 18.9 Å². The summed E-state index contributed by atoms with van der Waals surface area (Å²) in [6.07, 6.45) is 0. The van der Waals surface area contributed by atoms with Gasteiger partial charge in [0, 0.05) is 24.7 Å². The van der Waals surface area contributed by atoms with Crippen molar-refractivity contribution in [3.05, 3.63) is 47.5 Å². The van der Waals surface area contributed by atoms with Gasteiger partial charge >= 0.3 is 0 Å². The van der Waals surface area contributed by atoms with E-state index in [1.54, 1.807) is 28.4 Å². The van der Waals surface area contributed by atoms with Gasteiger partial charge in [-0.15, -0.1) is 0 Å². The Balaban J connectivity index is 2.07. The zero-order valence-electron chi connectivity index (χ0n) is 14.0. The first-order chi connectivity index (χ1) is 11.2. The number of hydrogen-bond donors (Lipinski definition) is 1. The molecule has 23 heavy (non-hydrogen) atoms. The summed E-state index contributed by atoms with van der Waals surface area (Å²) in [5.74, 6) is 2.96. The van der Waals surface area contributed by atoms with Gasteiger partial charge in [0.2, 0.25) is 0 Å². The highest BCUT2D eigenvalue weighted by atomic mass is 16.5. The van der Waals surface area contributed by atoms with Gasteiger partial charge in [0.05, 0.1) is 28.4 Å². The zero-order valence-corrected chi connectivity index (χ0v) is 14.0. The number of methoxy groups -OCH3 is 4. The van der Waals surface area contributed by atoms with E-state index in [2.05, 4.69) is 11.4 Å². The van der Waals surface area contributed by atoms with Gasteiger partial charge in [-0.25, -0.2) is 0 Å². The predicted molar refractivity (Wildman–Crippen MR) is 89.6 cm³/mol. The molecule has 124 valence electrons. The van der Waals surface area contributed by atoms with E-state index in [1.807, 2.05) is 30.3 Å². The molecule has 2 aromatic carbocycles. The van der Waals surface area contributed by atoms with Gasteiger partial charge in [-0.2, -0.15) is 0 Å². The first-order valence-electron chi connectivity index (χ1n) is 7.34. The van der Waals surface area contributed by atoms with Crippen LogP contribution in [0.4, 0.5) is 0 Å². The molecule has 0 atom stereocenters. The van der Waals surface area contributed by atoms with Crippen LogP contribution in [-0.2, 0) is 13.1 Å². The van der Waals surface area contributed by atoms with E-state index in [9.17, 15) is 0 Å². The molecule has 1 N–H and O–H groups in total. The summed E-state index contributed by atoms with van der Waals surface area (Å²) in [6.45, 7) is 1.38. The smallest absolute Gasteiger partial charge is 0.164 e. The molecule has 0 spiro atoms. The zero-order chi connectivity index (χ0) is 16.7. The monoisotopic (exact) mass is 317 g/mol. The summed E-state index contributed by atoms with van der Waals surface area (Å²) in [6, 6.07) is 11.7. The maximum absolute atomic E-state index is 5.43. The van der Waals surface area contributed by atoms with Crippen LogP contribution in [0, 0.1) is 0 Å². The molecule has 0 saturated heterocycles. The SMILES string of the molecule is COc1cccc(CNCc2cc(OC)c(OC)cc2OC)c1. The number of benzene rings is 2. The van der Waals surface area contributed by atoms with E-state index in [1.165, 1.54) is 0 Å². The maximum Gasteiger partial charge on any atom is 0.164 e. The Bertz CT molecular complexity index is 643. The van der Waals surface area contributed by atoms with Gasteiger partial charge in [-0.05, 0) is 23.8 Å². The van der Waals surface area contributed by atoms with E-state index in [0.717, 1.165) is 29.2 Å². The molecule has 5 heteroatoms. The van der Waals surface area contributed by atoms with Crippen molar-refractivity contribution in [2.24, 2.45) is 0 Å². The molecular formula is C18H23NO4. The Morgan fingerprint density at radius 3 is 2.09 bits per heavy atom. The van der Waals surface area contributed by atoms with Gasteiger partial charge in [0.15, 0.2) is 11.5 Å². The Morgan fingerprint density at radius 2 is 1.43 bits per heavy atom. The highest BCUT2D eigenvalue weighted by molar-refractivity contribution is 5.50. The van der Waals surface area contributed by atoms with Crippen LogP contribution >= 0.6 is 0 Å². The van der Waals surface area contributed by atoms with Crippen molar-refractivity contribution in [3.63, 3.8) is 0 Å². The van der Waals surface area contributed by atoms with Crippen molar-refractivity contribution >= 4 is 0 Å². The van der Waals surface area contributed by atoms with Crippen molar-refractivity contribution in [1.29, 1.82) is 0 Å². The first-order valence-corrected chi connectivity index (χ1v) is 7.34. The number of ether oxygens (including phenoxy) is 4. The lowest BCUT2D eigenvalue weighted by molar-refractivity contribution is 0.347. The van der Waals surface area contributed by atoms with Crippen LogP contribution in [-0.4, -0.2) is 28.4 Å². The molecule has 0 bridgehead atoms. The molecule has 0 aliphatic carbocycles. The van der Waals surface area contributed by atoms with Gasteiger partial charge in [0.25, 0.3) is 0 Å². The van der Waals surface area contributed by atoms with Crippen molar-refractivity contribution in [1.82, 2.24) is 5.32 Å². The molecule has 5 nitrogen and oxygen atoms in total. The first kappa shape index (κ1) is 17.0. The molecule has 0 aliphatic rings. The van der Waals surface area contributed by atoms with Crippen molar-refractivity contribution in [3.8, 4) is 23.0 Å². The van der Waals surface area contributed by atoms with Crippen LogP contribution in [0.5, 0.6) is 23.0 Å². The number of nitrogens with one attached hydrogen (secondary N) is 1. The summed E-state index contributed by atoms with van der Waals surface area (Å²) in [5, 5.41) is 3.40. The standard InChI is InChI=1S/C18H23NO4/c1-20-15-7-5-6-13(8-15)11-19-12-14-9-17(22-3)18(23-4)10-16(14)21-2/h5-10,19H,11-12H2,1-4H3. The minimum absolute atomic E-state index is 0.654. The molecule has 0 aromatic heterocycles. The second kappa shape index (κ2) is 8.29. The van der Waals surface area contributed by atoms with Crippen LogP contribution in [0.3, 0.4) is 0 Å². The van der Waals surface area contributed by atoms with Gasteiger partial charge in [-0.3, -0.25) is 0 Å². The molecule has 2 rings (SSSR count). The molecule has 0 amide bonds. The van der Waals surface area contributed by atoms with E-state index >= 15 is 0 Å². The molecule has 0 unspecified atom stereocenters. The lowest BCUT2D eigenvalue weighted by Gasteiger charge is -2.14. The second-order valence-electron chi connectivity index (χ2n) is 4.97. The fourth-order valence-corrected chi connectivity index (χ4v) is 2.35. The van der Waals surface area contributed by atoms with E-state index in [0.29, 0.717) is 18.0 Å². The van der Waals surface area contributed by atoms with E-state index < -0.39 is 0 Å². The van der Waals surface area contributed by atoms with Crippen molar-refractivity contribution in [2.75, 3.05) is 28.4 Å². The minimum Gasteiger partial charge on any atom is -0.497 e. The highest BCUT2D eigenvalue weighted by Crippen LogP contribution is 2.34. The predicted octanol–water partition coefficient (Wildman–Crippen LogP) is 3.01. The van der Waals surface area contributed by atoms with Crippen molar-refractivity contribution in [2.45, 2.75) is 13.1 Å². The van der Waals surface area contributed by atoms with Crippen LogP contribution in [0.15, 0.2) is 36.4 Å². The highest BCUT2D eigenvalue weighted by Gasteiger charge is 2.11. The van der Waals surface area contributed by atoms with Crippen LogP contribution < -0.4 is 24.3 Å². The van der Waals surface area contributed by atoms with Crippen LogP contribution in [0.2, 0.25) is 0 Å². The molecular weight excluding hydrogens is 294 g/mol. The summed E-state index contributed by atoms with van der Waals surface area (Å²) in [5.41, 5.74) is 2.16. The largest absolute Gasteiger partial charge is 0.497 e. The normalized spacial score (nSPS) is 10.3. The third-order valence-electron chi connectivity index (χ3n) is 3.57. The minimum atomic E-state index is 0.654. The molecule has 0 radical (unpaired) electrons. The average Bonchev–Trinajstić information content (AvgIpc) is 2.61. The Morgan fingerprint density at radius 1 is 0.739 bits per heavy atom. The summed E-state index contributed by atoms with van der Waals surface area (Å²) in [7, 11) is 6.55.